The molecule has 9 heteroatoms. The molecule has 1 aliphatic heterocycles. The molecule has 13 heavy (non-hydrogen) atoms. The van der Waals surface area contributed by atoms with Gasteiger partial charge in [-0.3, -0.25) is 0 Å². The molecule has 1 atom stereocenters. The average molecular weight is 220 g/mol. The third-order valence-electron chi connectivity index (χ3n) is 0.966. The number of aliphatic imine (C=N–C) groups is 2. The second kappa shape index (κ2) is 3.88. The lowest BCUT2D eigenvalue weighted by atomic mass is 10.8. The highest BCUT2D eigenvalue weighted by Crippen LogP contribution is 2.16. The van der Waals surface area contributed by atoms with Crippen molar-refractivity contribution in [1.29, 1.82) is 0 Å². The van der Waals surface area contributed by atoms with Crippen LogP contribution in [0, 0.1) is 0 Å². The summed E-state index contributed by atoms with van der Waals surface area (Å²) in [5.74, 6) is 0. The van der Waals surface area contributed by atoms with Gasteiger partial charge in [-0.05, 0) is 11.6 Å². The largest absolute Gasteiger partial charge is 0.365 e. The highest BCUT2D eigenvalue weighted by Gasteiger charge is 2.29. The predicted octanol–water partition coefficient (Wildman–Crippen LogP) is 1.63. The molecular formula is C4H2ClF4N3O. The Morgan fingerprint density at radius 2 is 2.15 bits per heavy atom. The Bertz CT molecular complexity index is 258. The molecule has 0 N–H and O–H groups in total. The van der Waals surface area contributed by atoms with Crippen LogP contribution in [0.25, 0.3) is 0 Å². The van der Waals surface area contributed by atoms with Crippen LogP contribution in [0.15, 0.2) is 9.98 Å². The molecule has 1 heterocycles. The van der Waals surface area contributed by atoms with Crippen LogP contribution in [0.1, 0.15) is 0 Å². The lowest BCUT2D eigenvalue weighted by Gasteiger charge is -2.23. The Labute approximate surface area is 74.4 Å². The van der Waals surface area contributed by atoms with E-state index in [1.165, 1.54) is 0 Å². The van der Waals surface area contributed by atoms with Crippen LogP contribution in [-0.4, -0.2) is 29.5 Å². The topological polar surface area (TPSA) is 37.2 Å². The van der Waals surface area contributed by atoms with Crippen molar-refractivity contribution in [1.82, 2.24) is 5.06 Å². The first kappa shape index (κ1) is 10.2. The Balaban J connectivity index is 2.72. The van der Waals surface area contributed by atoms with E-state index in [2.05, 4.69) is 14.8 Å². The van der Waals surface area contributed by atoms with Gasteiger partial charge in [0.1, 0.15) is 0 Å². The molecule has 0 bridgehead atoms. The Morgan fingerprint density at radius 3 is 2.62 bits per heavy atom. The van der Waals surface area contributed by atoms with Gasteiger partial charge in [-0.1, -0.05) is 0 Å². The summed E-state index contributed by atoms with van der Waals surface area (Å²) in [7, 11) is 0. The van der Waals surface area contributed by atoms with E-state index in [-0.39, 0.29) is 5.06 Å². The molecular weight excluding hydrogens is 218 g/mol. The molecule has 0 radical (unpaired) electrons. The van der Waals surface area contributed by atoms with Gasteiger partial charge in [-0.15, -0.1) is 0 Å². The zero-order valence-electron chi connectivity index (χ0n) is 5.79. The quantitative estimate of drug-likeness (QED) is 0.523. The molecule has 1 unspecified atom stereocenters. The Hall–Kier alpha value is -0.890. The Morgan fingerprint density at radius 1 is 1.54 bits per heavy atom. The predicted molar refractivity (Wildman–Crippen MR) is 35.7 cm³/mol. The molecule has 1 rings (SSSR count). The minimum Gasteiger partial charge on any atom is -0.197 e. The minimum atomic E-state index is -3.29. The fraction of sp³-hybridized carbons (Fsp3) is 0.500. The summed E-state index contributed by atoms with van der Waals surface area (Å²) in [5, 5.41) is -1.03. The SMILES string of the molecule is FC1=NC(F)N(OC(F)F)C(Cl)=N1. The molecule has 0 fully saturated rings. The van der Waals surface area contributed by atoms with Crippen molar-refractivity contribution in [3.63, 3.8) is 0 Å². The fourth-order valence-corrected chi connectivity index (χ4v) is 0.752. The van der Waals surface area contributed by atoms with Gasteiger partial charge < -0.3 is 0 Å². The molecule has 0 spiro atoms. The number of hydrogen-bond donors (Lipinski definition) is 0. The molecule has 0 amide bonds. The standard InChI is InChI=1S/C4H2ClF4N3O/c5-1-10-3(8)11-4(9)12(1)13-2(6)7/h2,4H. The van der Waals surface area contributed by atoms with Crippen molar-refractivity contribution in [3.05, 3.63) is 0 Å². The van der Waals surface area contributed by atoms with Gasteiger partial charge in [0.15, 0.2) is 0 Å². The molecule has 0 saturated carbocycles. The molecule has 0 aromatic carbocycles. The zero-order valence-corrected chi connectivity index (χ0v) is 6.55. The maximum absolute atomic E-state index is 12.6. The van der Waals surface area contributed by atoms with Crippen LogP contribution in [0.3, 0.4) is 0 Å². The lowest BCUT2D eigenvalue weighted by Crippen LogP contribution is -2.38. The van der Waals surface area contributed by atoms with Crippen molar-refractivity contribution < 1.29 is 22.4 Å². The molecule has 0 aromatic rings. The van der Waals surface area contributed by atoms with E-state index in [1.54, 1.807) is 0 Å². The van der Waals surface area contributed by atoms with Crippen LogP contribution in [0.2, 0.25) is 0 Å². The minimum absolute atomic E-state index is 0.144. The zero-order chi connectivity index (χ0) is 10.0. The molecule has 0 aromatic heterocycles. The maximum Gasteiger partial charge on any atom is 0.365 e. The van der Waals surface area contributed by atoms with E-state index in [1.807, 2.05) is 0 Å². The third kappa shape index (κ3) is 2.52. The van der Waals surface area contributed by atoms with E-state index in [4.69, 9.17) is 11.6 Å². The van der Waals surface area contributed by atoms with Crippen molar-refractivity contribution in [2.45, 2.75) is 13.0 Å². The summed E-state index contributed by atoms with van der Waals surface area (Å²) >= 11 is 5.07. The number of nitrogens with zero attached hydrogens (tertiary/aromatic N) is 3. The highest BCUT2D eigenvalue weighted by molar-refractivity contribution is 6.65. The van der Waals surface area contributed by atoms with Crippen LogP contribution < -0.4 is 0 Å². The molecule has 0 saturated heterocycles. The van der Waals surface area contributed by atoms with Gasteiger partial charge in [-0.2, -0.15) is 37.4 Å². The number of amidine groups is 2. The van der Waals surface area contributed by atoms with Crippen LogP contribution in [0.4, 0.5) is 17.6 Å². The summed E-state index contributed by atoms with van der Waals surface area (Å²) in [5.41, 5.74) is 0. The number of alkyl halides is 3. The molecule has 0 aliphatic carbocycles. The van der Waals surface area contributed by atoms with Crippen molar-refractivity contribution >= 4 is 23.0 Å². The summed E-state index contributed by atoms with van der Waals surface area (Å²) in [4.78, 5) is 8.86. The van der Waals surface area contributed by atoms with E-state index in [0.717, 1.165) is 0 Å². The molecule has 1 aliphatic rings. The van der Waals surface area contributed by atoms with Crippen molar-refractivity contribution in [3.8, 4) is 0 Å². The molecule has 74 valence electrons. The normalized spacial score (nSPS) is 23.2. The summed E-state index contributed by atoms with van der Waals surface area (Å²) in [6.07, 6.45) is -3.90. The van der Waals surface area contributed by atoms with Crippen LogP contribution in [-0.2, 0) is 4.84 Å². The number of halogens is 5. The number of hydroxylamine groups is 2. The van der Waals surface area contributed by atoms with E-state index in [0.29, 0.717) is 0 Å². The van der Waals surface area contributed by atoms with Gasteiger partial charge in [-0.25, -0.2) is 0 Å². The van der Waals surface area contributed by atoms with Crippen molar-refractivity contribution in [2.24, 2.45) is 9.98 Å². The van der Waals surface area contributed by atoms with Gasteiger partial charge in [0.25, 0.3) is 6.42 Å². The van der Waals surface area contributed by atoms with E-state index >= 15 is 0 Å². The second-order valence-electron chi connectivity index (χ2n) is 1.78. The second-order valence-corrected chi connectivity index (χ2v) is 2.12. The van der Waals surface area contributed by atoms with Crippen molar-refractivity contribution in [2.75, 3.05) is 0 Å². The maximum atomic E-state index is 12.6. The fourth-order valence-electron chi connectivity index (χ4n) is 0.562. The lowest BCUT2D eigenvalue weighted by molar-refractivity contribution is -0.276. The van der Waals surface area contributed by atoms with Gasteiger partial charge >= 0.3 is 12.7 Å². The first-order chi connectivity index (χ1) is 6.00. The highest BCUT2D eigenvalue weighted by atomic mass is 35.5. The summed E-state index contributed by atoms with van der Waals surface area (Å²) < 4.78 is 47.9. The number of hydrogen-bond acceptors (Lipinski definition) is 4. The van der Waals surface area contributed by atoms with Gasteiger partial charge in [0, 0.05) is 0 Å². The van der Waals surface area contributed by atoms with Crippen LogP contribution in [0.5, 0.6) is 0 Å². The first-order valence-corrected chi connectivity index (χ1v) is 3.24. The van der Waals surface area contributed by atoms with Crippen LogP contribution >= 0.6 is 11.6 Å². The van der Waals surface area contributed by atoms with E-state index < -0.39 is 24.4 Å². The van der Waals surface area contributed by atoms with E-state index in [9.17, 15) is 17.6 Å². The number of rotatable bonds is 2. The van der Waals surface area contributed by atoms with Gasteiger partial charge in [0.05, 0.1) is 0 Å². The average Bonchev–Trinajstić information content (AvgIpc) is 1.96. The summed E-state index contributed by atoms with van der Waals surface area (Å²) in [6, 6.07) is 0. The summed E-state index contributed by atoms with van der Waals surface area (Å²) in [6.45, 7) is -3.29. The van der Waals surface area contributed by atoms with Gasteiger partial charge in [0.2, 0.25) is 5.29 Å². The third-order valence-corrected chi connectivity index (χ3v) is 1.22. The smallest absolute Gasteiger partial charge is 0.197 e. The first-order valence-electron chi connectivity index (χ1n) is 2.86. The Kier molecular flexibility index (Phi) is 3.04. The monoisotopic (exact) mass is 219 g/mol. The molecule has 4 nitrogen and oxygen atoms in total.